The van der Waals surface area contributed by atoms with E-state index in [0.29, 0.717) is 5.56 Å². The minimum atomic E-state index is -0.521. The van der Waals surface area contributed by atoms with E-state index in [-0.39, 0.29) is 24.5 Å². The van der Waals surface area contributed by atoms with Gasteiger partial charge in [0.1, 0.15) is 5.56 Å². The summed E-state index contributed by atoms with van der Waals surface area (Å²) in [5.74, 6) is -0.779. The van der Waals surface area contributed by atoms with Gasteiger partial charge in [-0.2, -0.15) is 5.10 Å². The molecule has 0 unspecified atom stereocenters. The van der Waals surface area contributed by atoms with E-state index < -0.39 is 11.9 Å². The van der Waals surface area contributed by atoms with Gasteiger partial charge < -0.3 is 13.9 Å². The molecule has 0 radical (unpaired) electrons. The Bertz CT molecular complexity index is 849. The highest BCUT2D eigenvalue weighted by Crippen LogP contribution is 2.16. The van der Waals surface area contributed by atoms with Gasteiger partial charge in [0.05, 0.1) is 30.1 Å². The molecule has 0 spiro atoms. The number of fused-ring (bicyclic) bond motifs is 1. The number of hydrogen-bond acceptors (Lipinski definition) is 6. The topological polar surface area (TPSA) is 94.4 Å². The number of aromatic nitrogens is 2. The minimum absolute atomic E-state index is 0.152. The van der Waals surface area contributed by atoms with Crippen LogP contribution >= 0.6 is 0 Å². The predicted octanol–water partition coefficient (Wildman–Crippen LogP) is 2.69. The summed E-state index contributed by atoms with van der Waals surface area (Å²) in [4.78, 5) is 23.8. The average molecular weight is 314 g/mol. The third-order valence-corrected chi connectivity index (χ3v) is 3.25. The summed E-state index contributed by atoms with van der Waals surface area (Å²) in [6, 6.07) is 6.55. The second-order valence-electron chi connectivity index (χ2n) is 4.73. The Kier molecular flexibility index (Phi) is 4.09. The number of esters is 2. The van der Waals surface area contributed by atoms with Crippen LogP contribution in [0.1, 0.15) is 33.4 Å². The molecule has 1 aromatic carbocycles. The van der Waals surface area contributed by atoms with Crippen LogP contribution < -0.4 is 0 Å². The lowest BCUT2D eigenvalue weighted by Gasteiger charge is -2.05. The summed E-state index contributed by atoms with van der Waals surface area (Å²) in [5, 5.41) is 7.58. The second-order valence-corrected chi connectivity index (χ2v) is 4.73. The highest BCUT2D eigenvalue weighted by Gasteiger charge is 2.18. The molecule has 0 atom stereocenters. The molecule has 23 heavy (non-hydrogen) atoms. The number of H-pyrrole nitrogens is 1. The third kappa shape index (κ3) is 3.08. The largest absolute Gasteiger partial charge is 0.465 e. The highest BCUT2D eigenvalue weighted by molar-refractivity contribution is 5.94. The van der Waals surface area contributed by atoms with E-state index in [0.717, 1.165) is 10.9 Å². The van der Waals surface area contributed by atoms with Crippen molar-refractivity contribution in [3.05, 3.63) is 53.6 Å². The molecule has 7 nitrogen and oxygen atoms in total. The maximum atomic E-state index is 12.1. The van der Waals surface area contributed by atoms with Gasteiger partial charge in [-0.3, -0.25) is 5.10 Å². The van der Waals surface area contributed by atoms with Crippen molar-refractivity contribution in [3.8, 4) is 0 Å². The molecule has 0 aliphatic carbocycles. The molecule has 0 fully saturated rings. The smallest absolute Gasteiger partial charge is 0.341 e. The molecule has 3 rings (SSSR count). The van der Waals surface area contributed by atoms with Crippen molar-refractivity contribution >= 4 is 22.8 Å². The first kappa shape index (κ1) is 14.8. The Morgan fingerprint density at radius 2 is 2.09 bits per heavy atom. The van der Waals surface area contributed by atoms with Crippen molar-refractivity contribution in [2.24, 2.45) is 0 Å². The van der Waals surface area contributed by atoms with Crippen LogP contribution in [0.15, 0.2) is 41.1 Å². The average Bonchev–Trinajstić information content (AvgIpc) is 3.20. The third-order valence-electron chi connectivity index (χ3n) is 3.25. The van der Waals surface area contributed by atoms with E-state index in [1.807, 2.05) is 0 Å². The van der Waals surface area contributed by atoms with E-state index in [1.54, 1.807) is 31.3 Å². The minimum Gasteiger partial charge on any atom is -0.465 e. The first-order valence-electron chi connectivity index (χ1n) is 7.02. The number of nitrogens with one attached hydrogen (secondary N) is 1. The lowest BCUT2D eigenvalue weighted by Crippen LogP contribution is -2.09. The number of ether oxygens (including phenoxy) is 2. The second kappa shape index (κ2) is 6.35. The van der Waals surface area contributed by atoms with Gasteiger partial charge in [0.15, 0.2) is 12.4 Å². The van der Waals surface area contributed by atoms with Crippen molar-refractivity contribution in [2.45, 2.75) is 13.5 Å². The van der Waals surface area contributed by atoms with Crippen LogP contribution in [-0.2, 0) is 16.1 Å². The van der Waals surface area contributed by atoms with Gasteiger partial charge in [-0.15, -0.1) is 0 Å². The van der Waals surface area contributed by atoms with Crippen LogP contribution in [0.25, 0.3) is 10.9 Å². The molecule has 0 amide bonds. The first-order valence-corrected chi connectivity index (χ1v) is 7.02. The van der Waals surface area contributed by atoms with E-state index in [4.69, 9.17) is 13.9 Å². The summed E-state index contributed by atoms with van der Waals surface area (Å²) in [7, 11) is 0. The predicted molar refractivity (Wildman–Crippen MR) is 79.9 cm³/mol. The lowest BCUT2D eigenvalue weighted by atomic mass is 10.2. The summed E-state index contributed by atoms with van der Waals surface area (Å²) in [5.41, 5.74) is 1.37. The SMILES string of the molecule is CCOC(=O)c1ccoc1COC(=O)c1ccc2cn[nH]c2c1. The molecule has 2 aromatic heterocycles. The van der Waals surface area contributed by atoms with Crippen LogP contribution in [0, 0.1) is 0 Å². The van der Waals surface area contributed by atoms with Gasteiger partial charge in [0.2, 0.25) is 0 Å². The Labute approximate surface area is 131 Å². The molecule has 2 heterocycles. The van der Waals surface area contributed by atoms with Gasteiger partial charge in [-0.05, 0) is 25.1 Å². The van der Waals surface area contributed by atoms with Gasteiger partial charge in [0.25, 0.3) is 0 Å². The normalized spacial score (nSPS) is 10.7. The Hall–Kier alpha value is -3.09. The quantitative estimate of drug-likeness (QED) is 0.728. The summed E-state index contributed by atoms with van der Waals surface area (Å²) < 4.78 is 15.3. The molecule has 0 aliphatic rings. The number of rotatable bonds is 5. The Morgan fingerprint density at radius 3 is 2.91 bits per heavy atom. The molecular weight excluding hydrogens is 300 g/mol. The molecule has 3 aromatic rings. The van der Waals surface area contributed by atoms with E-state index in [1.165, 1.54) is 12.3 Å². The fraction of sp³-hybridized carbons (Fsp3) is 0.188. The van der Waals surface area contributed by atoms with E-state index in [2.05, 4.69) is 10.2 Å². The standard InChI is InChI=1S/C16H14N2O5/c1-2-21-16(20)12-5-6-22-14(12)9-23-15(19)10-3-4-11-8-17-18-13(11)7-10/h3-8H,2,9H2,1H3,(H,17,18). The Balaban J connectivity index is 1.69. The molecule has 0 saturated heterocycles. The zero-order valence-corrected chi connectivity index (χ0v) is 12.4. The monoisotopic (exact) mass is 314 g/mol. The number of carbonyl (C=O) groups excluding carboxylic acids is 2. The number of hydrogen-bond donors (Lipinski definition) is 1. The highest BCUT2D eigenvalue weighted by atomic mass is 16.5. The van der Waals surface area contributed by atoms with Crippen LogP contribution in [0.4, 0.5) is 0 Å². The fourth-order valence-electron chi connectivity index (χ4n) is 2.12. The maximum absolute atomic E-state index is 12.1. The summed E-state index contributed by atoms with van der Waals surface area (Å²) >= 11 is 0. The number of carbonyl (C=O) groups is 2. The van der Waals surface area contributed by atoms with Crippen molar-refractivity contribution in [2.75, 3.05) is 6.61 Å². The number of benzene rings is 1. The van der Waals surface area contributed by atoms with Gasteiger partial charge in [-0.1, -0.05) is 6.07 Å². The molecule has 0 aliphatic heterocycles. The fourth-order valence-corrected chi connectivity index (χ4v) is 2.12. The molecule has 0 bridgehead atoms. The van der Waals surface area contributed by atoms with Crippen LogP contribution in [0.3, 0.4) is 0 Å². The molecular formula is C16H14N2O5. The Morgan fingerprint density at radius 1 is 1.22 bits per heavy atom. The molecule has 0 saturated carbocycles. The zero-order valence-electron chi connectivity index (χ0n) is 12.4. The van der Waals surface area contributed by atoms with Crippen molar-refractivity contribution in [1.82, 2.24) is 10.2 Å². The summed E-state index contributed by atoms with van der Waals surface area (Å²) in [6.45, 7) is 1.82. The van der Waals surface area contributed by atoms with Crippen molar-refractivity contribution < 1.29 is 23.5 Å². The number of aromatic amines is 1. The molecule has 7 heteroatoms. The maximum Gasteiger partial charge on any atom is 0.341 e. The van der Waals surface area contributed by atoms with Crippen molar-refractivity contribution in [1.29, 1.82) is 0 Å². The summed E-state index contributed by atoms with van der Waals surface area (Å²) in [6.07, 6.45) is 3.02. The van der Waals surface area contributed by atoms with Crippen LogP contribution in [0.5, 0.6) is 0 Å². The number of furan rings is 1. The van der Waals surface area contributed by atoms with Crippen molar-refractivity contribution in [3.63, 3.8) is 0 Å². The lowest BCUT2D eigenvalue weighted by molar-refractivity contribution is 0.0423. The van der Waals surface area contributed by atoms with Crippen LogP contribution in [-0.4, -0.2) is 28.7 Å². The van der Waals surface area contributed by atoms with Crippen LogP contribution in [0.2, 0.25) is 0 Å². The van der Waals surface area contributed by atoms with Gasteiger partial charge in [-0.25, -0.2) is 9.59 Å². The first-order chi connectivity index (χ1) is 11.2. The molecule has 118 valence electrons. The van der Waals surface area contributed by atoms with E-state index in [9.17, 15) is 9.59 Å². The van der Waals surface area contributed by atoms with Gasteiger partial charge in [0, 0.05) is 5.39 Å². The van der Waals surface area contributed by atoms with E-state index >= 15 is 0 Å². The van der Waals surface area contributed by atoms with Gasteiger partial charge >= 0.3 is 11.9 Å². The molecule has 1 N–H and O–H groups in total. The zero-order chi connectivity index (χ0) is 16.2. The number of nitrogens with zero attached hydrogens (tertiary/aromatic N) is 1.